The summed E-state index contributed by atoms with van der Waals surface area (Å²) < 4.78 is 18.7. The molecule has 1 aliphatic rings. The smallest absolute Gasteiger partial charge is 0.254 e. The summed E-state index contributed by atoms with van der Waals surface area (Å²) >= 11 is 0. The van der Waals surface area contributed by atoms with Gasteiger partial charge in [-0.15, -0.1) is 0 Å². The van der Waals surface area contributed by atoms with Gasteiger partial charge < -0.3 is 10.1 Å². The Morgan fingerprint density at radius 3 is 2.74 bits per heavy atom. The number of benzene rings is 1. The second-order valence-electron chi connectivity index (χ2n) is 5.19. The highest BCUT2D eigenvalue weighted by molar-refractivity contribution is 5.94. The first kappa shape index (κ1) is 13.8. The molecule has 0 heterocycles. The van der Waals surface area contributed by atoms with Crippen molar-refractivity contribution in [1.29, 1.82) is 0 Å². The van der Waals surface area contributed by atoms with Crippen molar-refractivity contribution in [3.63, 3.8) is 0 Å². The summed E-state index contributed by atoms with van der Waals surface area (Å²) in [5.74, 6) is -0.00157. The summed E-state index contributed by atoms with van der Waals surface area (Å²) in [4.78, 5) is 12.1. The number of halogens is 1. The molecule has 1 fully saturated rings. The summed E-state index contributed by atoms with van der Waals surface area (Å²) in [6.07, 6.45) is 4.44. The van der Waals surface area contributed by atoms with Crippen molar-refractivity contribution in [2.75, 3.05) is 7.11 Å². The van der Waals surface area contributed by atoms with Crippen LogP contribution in [0.15, 0.2) is 18.2 Å². The monoisotopic (exact) mass is 265 g/mol. The third-order valence-electron chi connectivity index (χ3n) is 3.85. The van der Waals surface area contributed by atoms with E-state index >= 15 is 0 Å². The molecule has 0 aromatic heterocycles. The molecule has 0 radical (unpaired) electrons. The van der Waals surface area contributed by atoms with Crippen molar-refractivity contribution in [1.82, 2.24) is 5.32 Å². The summed E-state index contributed by atoms with van der Waals surface area (Å²) in [7, 11) is 1.47. The Morgan fingerprint density at radius 1 is 1.37 bits per heavy atom. The van der Waals surface area contributed by atoms with Gasteiger partial charge in [0.1, 0.15) is 11.6 Å². The van der Waals surface area contributed by atoms with Gasteiger partial charge in [0.05, 0.1) is 12.7 Å². The van der Waals surface area contributed by atoms with Gasteiger partial charge in [-0.1, -0.05) is 19.8 Å². The minimum absolute atomic E-state index is 0.0820. The highest BCUT2D eigenvalue weighted by Gasteiger charge is 2.24. The minimum atomic E-state index is -0.541. The number of methoxy groups -OCH3 is 1. The van der Waals surface area contributed by atoms with Gasteiger partial charge in [-0.2, -0.15) is 0 Å². The molecular formula is C15H20FNO2. The van der Waals surface area contributed by atoms with E-state index in [4.69, 9.17) is 4.74 Å². The number of ether oxygens (including phenoxy) is 1. The topological polar surface area (TPSA) is 38.3 Å². The highest BCUT2D eigenvalue weighted by atomic mass is 19.1. The highest BCUT2D eigenvalue weighted by Crippen LogP contribution is 2.24. The molecule has 1 aromatic rings. The summed E-state index contributed by atoms with van der Waals surface area (Å²) in [5.41, 5.74) is 0.0820. The van der Waals surface area contributed by atoms with Gasteiger partial charge in [0.2, 0.25) is 0 Å². The van der Waals surface area contributed by atoms with Crippen LogP contribution in [0.2, 0.25) is 0 Å². The first-order chi connectivity index (χ1) is 9.11. The van der Waals surface area contributed by atoms with Crippen LogP contribution in [0.5, 0.6) is 5.75 Å². The molecule has 1 amide bonds. The zero-order valence-electron chi connectivity index (χ0n) is 11.4. The predicted molar refractivity (Wildman–Crippen MR) is 71.8 cm³/mol. The van der Waals surface area contributed by atoms with Gasteiger partial charge in [0.25, 0.3) is 5.91 Å². The van der Waals surface area contributed by atoms with Gasteiger partial charge in [0.15, 0.2) is 0 Å². The van der Waals surface area contributed by atoms with Crippen molar-refractivity contribution in [2.24, 2.45) is 5.92 Å². The number of amides is 1. The molecule has 3 nitrogen and oxygen atoms in total. The van der Waals surface area contributed by atoms with E-state index in [2.05, 4.69) is 12.2 Å². The summed E-state index contributed by atoms with van der Waals surface area (Å²) in [6.45, 7) is 2.13. The van der Waals surface area contributed by atoms with Crippen LogP contribution in [0.1, 0.15) is 43.0 Å². The van der Waals surface area contributed by atoms with E-state index in [-0.39, 0.29) is 17.5 Å². The minimum Gasteiger partial charge on any atom is -0.497 e. The van der Waals surface area contributed by atoms with E-state index in [1.807, 2.05) is 0 Å². The zero-order valence-corrected chi connectivity index (χ0v) is 11.4. The lowest BCUT2D eigenvalue weighted by Crippen LogP contribution is -2.41. The number of hydrogen-bond acceptors (Lipinski definition) is 2. The van der Waals surface area contributed by atoms with E-state index in [9.17, 15) is 9.18 Å². The van der Waals surface area contributed by atoms with Crippen LogP contribution in [-0.2, 0) is 0 Å². The number of rotatable bonds is 3. The lowest BCUT2D eigenvalue weighted by Gasteiger charge is -2.29. The first-order valence-electron chi connectivity index (χ1n) is 6.76. The SMILES string of the molecule is COc1ccc(C(=O)NC2CCCCC2C)c(F)c1. The normalized spacial score (nSPS) is 22.9. The van der Waals surface area contributed by atoms with E-state index in [1.165, 1.54) is 25.7 Å². The van der Waals surface area contributed by atoms with E-state index in [1.54, 1.807) is 6.07 Å². The maximum Gasteiger partial charge on any atom is 0.254 e. The molecule has 1 aliphatic carbocycles. The van der Waals surface area contributed by atoms with Crippen LogP contribution in [0.3, 0.4) is 0 Å². The van der Waals surface area contributed by atoms with Gasteiger partial charge in [-0.3, -0.25) is 4.79 Å². The Bertz CT molecular complexity index is 461. The van der Waals surface area contributed by atoms with Crippen molar-refractivity contribution >= 4 is 5.91 Å². The van der Waals surface area contributed by atoms with E-state index < -0.39 is 5.82 Å². The summed E-state index contributed by atoms with van der Waals surface area (Å²) in [6, 6.07) is 4.46. The molecule has 104 valence electrons. The second-order valence-corrected chi connectivity index (χ2v) is 5.19. The molecule has 1 N–H and O–H groups in total. The summed E-state index contributed by atoms with van der Waals surface area (Å²) in [5, 5.41) is 2.94. The largest absolute Gasteiger partial charge is 0.497 e. The Hall–Kier alpha value is -1.58. The lowest BCUT2D eigenvalue weighted by molar-refractivity contribution is 0.0906. The Balaban J connectivity index is 2.07. The molecule has 2 unspecified atom stereocenters. The van der Waals surface area contributed by atoms with Crippen molar-refractivity contribution in [3.8, 4) is 5.75 Å². The molecule has 0 saturated heterocycles. The van der Waals surface area contributed by atoms with Crippen molar-refractivity contribution in [2.45, 2.75) is 38.6 Å². The first-order valence-corrected chi connectivity index (χ1v) is 6.76. The van der Waals surface area contributed by atoms with Crippen LogP contribution >= 0.6 is 0 Å². The van der Waals surface area contributed by atoms with Gasteiger partial charge in [-0.25, -0.2) is 4.39 Å². The maximum atomic E-state index is 13.8. The molecule has 19 heavy (non-hydrogen) atoms. The number of carbonyl (C=O) groups is 1. The molecular weight excluding hydrogens is 245 g/mol. The predicted octanol–water partition coefficient (Wildman–Crippen LogP) is 3.14. The van der Waals surface area contributed by atoms with E-state index in [0.29, 0.717) is 11.7 Å². The van der Waals surface area contributed by atoms with Crippen LogP contribution < -0.4 is 10.1 Å². The maximum absolute atomic E-state index is 13.8. The third kappa shape index (κ3) is 3.25. The average molecular weight is 265 g/mol. The molecule has 0 spiro atoms. The fourth-order valence-corrected chi connectivity index (χ4v) is 2.58. The quantitative estimate of drug-likeness (QED) is 0.911. The fraction of sp³-hybridized carbons (Fsp3) is 0.533. The molecule has 2 rings (SSSR count). The van der Waals surface area contributed by atoms with Crippen LogP contribution in [0.25, 0.3) is 0 Å². The Kier molecular flexibility index (Phi) is 4.40. The van der Waals surface area contributed by atoms with Gasteiger partial charge >= 0.3 is 0 Å². The van der Waals surface area contributed by atoms with Gasteiger partial charge in [0, 0.05) is 12.1 Å². The number of hydrogen-bond donors (Lipinski definition) is 1. The average Bonchev–Trinajstić information content (AvgIpc) is 2.41. The number of carbonyl (C=O) groups excluding carboxylic acids is 1. The standard InChI is InChI=1S/C15H20FNO2/c1-10-5-3-4-6-14(10)17-15(18)12-8-7-11(19-2)9-13(12)16/h7-10,14H,3-6H2,1-2H3,(H,17,18). The molecule has 0 aliphatic heterocycles. The molecule has 2 atom stereocenters. The van der Waals surface area contributed by atoms with E-state index in [0.717, 1.165) is 19.3 Å². The van der Waals surface area contributed by atoms with Crippen LogP contribution in [-0.4, -0.2) is 19.1 Å². The fourth-order valence-electron chi connectivity index (χ4n) is 2.58. The number of nitrogens with one attached hydrogen (secondary N) is 1. The third-order valence-corrected chi connectivity index (χ3v) is 3.85. The van der Waals surface area contributed by atoms with Crippen LogP contribution in [0.4, 0.5) is 4.39 Å². The second kappa shape index (κ2) is 6.04. The molecule has 1 aromatic carbocycles. The zero-order chi connectivity index (χ0) is 13.8. The lowest BCUT2D eigenvalue weighted by atomic mass is 9.86. The molecule has 1 saturated carbocycles. The molecule has 0 bridgehead atoms. The van der Waals surface area contributed by atoms with Crippen molar-refractivity contribution in [3.05, 3.63) is 29.6 Å². The Labute approximate surface area is 113 Å². The Morgan fingerprint density at radius 2 is 2.11 bits per heavy atom. The van der Waals surface area contributed by atoms with Crippen LogP contribution in [0, 0.1) is 11.7 Å². The molecule has 4 heteroatoms. The van der Waals surface area contributed by atoms with Crippen molar-refractivity contribution < 1.29 is 13.9 Å². The van der Waals surface area contributed by atoms with Gasteiger partial charge in [-0.05, 0) is 30.9 Å².